The van der Waals surface area contributed by atoms with Crippen LogP contribution in [0.2, 0.25) is 0 Å². The van der Waals surface area contributed by atoms with E-state index in [1.54, 1.807) is 16.7 Å². The Bertz CT molecular complexity index is 437. The number of rotatable bonds is 3. The van der Waals surface area contributed by atoms with E-state index in [9.17, 15) is 4.39 Å². The smallest absolute Gasteiger partial charge is 0.196 e. The first-order valence-corrected chi connectivity index (χ1v) is 4.51. The van der Waals surface area contributed by atoms with E-state index in [1.807, 2.05) is 0 Å². The fourth-order valence-electron chi connectivity index (χ4n) is 1.36. The van der Waals surface area contributed by atoms with Gasteiger partial charge in [0.25, 0.3) is 0 Å². The van der Waals surface area contributed by atoms with Crippen molar-refractivity contribution in [3.05, 3.63) is 30.0 Å². The minimum atomic E-state index is -0.348. The molecule has 0 aliphatic heterocycles. The van der Waals surface area contributed by atoms with Gasteiger partial charge in [-0.15, -0.1) is 10.2 Å². The molecule has 0 radical (unpaired) electrons. The summed E-state index contributed by atoms with van der Waals surface area (Å²) in [5.74, 6) is 0.406. The van der Waals surface area contributed by atoms with Gasteiger partial charge in [0.1, 0.15) is 5.82 Å². The predicted octanol–water partition coefficient (Wildman–Crippen LogP) is 0.760. The van der Waals surface area contributed by atoms with E-state index in [2.05, 4.69) is 10.2 Å². The van der Waals surface area contributed by atoms with Crippen molar-refractivity contribution in [2.24, 2.45) is 5.73 Å². The van der Waals surface area contributed by atoms with Crippen LogP contribution in [0.1, 0.15) is 12.2 Å². The number of hydrogen-bond acceptors (Lipinski definition) is 3. The van der Waals surface area contributed by atoms with Gasteiger partial charge in [-0.25, -0.2) is 4.39 Å². The van der Waals surface area contributed by atoms with Crippen LogP contribution >= 0.6 is 0 Å². The fourth-order valence-corrected chi connectivity index (χ4v) is 1.36. The molecule has 0 fully saturated rings. The first kappa shape index (κ1) is 9.08. The molecular weight excluding hydrogens is 183 g/mol. The summed E-state index contributed by atoms with van der Waals surface area (Å²) in [5.41, 5.74) is 5.66. The summed E-state index contributed by atoms with van der Waals surface area (Å²) in [6, 6.07) is 3.01. The summed E-state index contributed by atoms with van der Waals surface area (Å²) in [6.07, 6.45) is 3.31. The zero-order valence-electron chi connectivity index (χ0n) is 7.65. The van der Waals surface area contributed by atoms with Crippen molar-refractivity contribution < 1.29 is 4.39 Å². The third kappa shape index (κ3) is 1.46. The Balaban J connectivity index is 2.42. The molecule has 0 amide bonds. The molecule has 0 saturated heterocycles. The Hall–Kier alpha value is -1.49. The maximum atomic E-state index is 13.2. The topological polar surface area (TPSA) is 56.2 Å². The van der Waals surface area contributed by atoms with Gasteiger partial charge in [-0.05, 0) is 25.1 Å². The standard InChI is InChI=1S/C9H11FN4/c10-7-3-2-6-14-8(4-1-5-11)12-13-9(7)14/h2-3,6H,1,4-5,11H2. The second kappa shape index (κ2) is 3.71. The van der Waals surface area contributed by atoms with Crippen LogP contribution in [-0.4, -0.2) is 21.1 Å². The molecule has 14 heavy (non-hydrogen) atoms. The number of aromatic nitrogens is 3. The van der Waals surface area contributed by atoms with Crippen LogP contribution in [-0.2, 0) is 6.42 Å². The van der Waals surface area contributed by atoms with E-state index in [0.29, 0.717) is 6.54 Å². The highest BCUT2D eigenvalue weighted by Crippen LogP contribution is 2.08. The van der Waals surface area contributed by atoms with Crippen molar-refractivity contribution in [3.8, 4) is 0 Å². The lowest BCUT2D eigenvalue weighted by Gasteiger charge is -1.97. The average molecular weight is 194 g/mol. The van der Waals surface area contributed by atoms with Crippen molar-refractivity contribution in [1.82, 2.24) is 14.6 Å². The minimum absolute atomic E-state index is 0.277. The van der Waals surface area contributed by atoms with Crippen LogP contribution in [0.15, 0.2) is 18.3 Å². The molecule has 2 N–H and O–H groups in total. The van der Waals surface area contributed by atoms with E-state index in [4.69, 9.17) is 5.73 Å². The average Bonchev–Trinajstić information content (AvgIpc) is 2.60. The highest BCUT2D eigenvalue weighted by Gasteiger charge is 2.07. The number of fused-ring (bicyclic) bond motifs is 1. The summed E-state index contributed by atoms with van der Waals surface area (Å²) in [6.45, 7) is 0.601. The van der Waals surface area contributed by atoms with E-state index >= 15 is 0 Å². The van der Waals surface area contributed by atoms with Crippen LogP contribution in [0.4, 0.5) is 4.39 Å². The monoisotopic (exact) mass is 194 g/mol. The van der Waals surface area contributed by atoms with Crippen molar-refractivity contribution in [1.29, 1.82) is 0 Å². The fraction of sp³-hybridized carbons (Fsp3) is 0.333. The predicted molar refractivity (Wildman–Crippen MR) is 50.3 cm³/mol. The van der Waals surface area contributed by atoms with E-state index in [-0.39, 0.29) is 11.5 Å². The lowest BCUT2D eigenvalue weighted by atomic mass is 10.3. The van der Waals surface area contributed by atoms with Crippen LogP contribution < -0.4 is 5.73 Å². The van der Waals surface area contributed by atoms with Gasteiger partial charge in [0.2, 0.25) is 0 Å². The molecule has 0 aliphatic carbocycles. The number of hydrogen-bond donors (Lipinski definition) is 1. The molecule has 74 valence electrons. The quantitative estimate of drug-likeness (QED) is 0.784. The van der Waals surface area contributed by atoms with Gasteiger partial charge in [-0.1, -0.05) is 0 Å². The number of nitrogens with zero attached hydrogens (tertiary/aromatic N) is 3. The molecule has 0 atom stereocenters. The lowest BCUT2D eigenvalue weighted by Crippen LogP contribution is -2.03. The van der Waals surface area contributed by atoms with Crippen molar-refractivity contribution in [2.45, 2.75) is 12.8 Å². The molecule has 2 heterocycles. The summed E-state index contributed by atoms with van der Waals surface area (Å²) >= 11 is 0. The van der Waals surface area contributed by atoms with E-state index in [0.717, 1.165) is 18.7 Å². The number of nitrogens with two attached hydrogens (primary N) is 1. The third-order valence-corrected chi connectivity index (χ3v) is 2.06. The largest absolute Gasteiger partial charge is 0.330 e. The molecule has 0 aromatic carbocycles. The molecular formula is C9H11FN4. The molecule has 0 bridgehead atoms. The Morgan fingerprint density at radius 2 is 2.29 bits per heavy atom. The Morgan fingerprint density at radius 1 is 1.43 bits per heavy atom. The molecule has 0 aliphatic rings. The lowest BCUT2D eigenvalue weighted by molar-refractivity contribution is 0.628. The summed E-state index contributed by atoms with van der Waals surface area (Å²) < 4.78 is 14.8. The van der Waals surface area contributed by atoms with Gasteiger partial charge in [0.05, 0.1) is 0 Å². The second-order valence-electron chi connectivity index (χ2n) is 3.06. The molecule has 5 heteroatoms. The van der Waals surface area contributed by atoms with Gasteiger partial charge >= 0.3 is 0 Å². The maximum Gasteiger partial charge on any atom is 0.196 e. The normalized spacial score (nSPS) is 11.0. The number of pyridine rings is 1. The summed E-state index contributed by atoms with van der Waals surface area (Å²) in [7, 11) is 0. The van der Waals surface area contributed by atoms with Crippen LogP contribution in [0.5, 0.6) is 0 Å². The Morgan fingerprint density at radius 3 is 3.07 bits per heavy atom. The third-order valence-electron chi connectivity index (χ3n) is 2.06. The molecule has 2 rings (SSSR count). The molecule has 2 aromatic heterocycles. The zero-order chi connectivity index (χ0) is 9.97. The van der Waals surface area contributed by atoms with Gasteiger partial charge in [0, 0.05) is 12.6 Å². The second-order valence-corrected chi connectivity index (χ2v) is 3.06. The van der Waals surface area contributed by atoms with E-state index in [1.165, 1.54) is 6.07 Å². The van der Waals surface area contributed by atoms with E-state index < -0.39 is 0 Å². The van der Waals surface area contributed by atoms with Gasteiger partial charge in [0.15, 0.2) is 11.5 Å². The molecule has 0 spiro atoms. The number of aryl methyl sites for hydroxylation is 1. The maximum absolute atomic E-state index is 13.2. The van der Waals surface area contributed by atoms with Crippen LogP contribution in [0, 0.1) is 5.82 Å². The first-order chi connectivity index (χ1) is 6.83. The molecule has 0 unspecified atom stereocenters. The highest BCUT2D eigenvalue weighted by molar-refractivity contribution is 5.39. The van der Waals surface area contributed by atoms with Crippen LogP contribution in [0.25, 0.3) is 5.65 Å². The summed E-state index contributed by atoms with van der Waals surface area (Å²) in [5, 5.41) is 7.68. The van der Waals surface area contributed by atoms with Crippen molar-refractivity contribution in [3.63, 3.8) is 0 Å². The molecule has 0 saturated carbocycles. The molecule has 4 nitrogen and oxygen atoms in total. The number of halogens is 1. The van der Waals surface area contributed by atoms with Crippen LogP contribution in [0.3, 0.4) is 0 Å². The highest BCUT2D eigenvalue weighted by atomic mass is 19.1. The zero-order valence-corrected chi connectivity index (χ0v) is 7.65. The van der Waals surface area contributed by atoms with Gasteiger partial charge in [-0.3, -0.25) is 4.40 Å². The van der Waals surface area contributed by atoms with Gasteiger partial charge in [-0.2, -0.15) is 0 Å². The summed E-state index contributed by atoms with van der Waals surface area (Å²) in [4.78, 5) is 0. The minimum Gasteiger partial charge on any atom is -0.330 e. The SMILES string of the molecule is NCCCc1nnc2c(F)cccn12. The van der Waals surface area contributed by atoms with Gasteiger partial charge < -0.3 is 5.73 Å². The van der Waals surface area contributed by atoms with Crippen molar-refractivity contribution in [2.75, 3.05) is 6.54 Å². The van der Waals surface area contributed by atoms with Crippen molar-refractivity contribution >= 4 is 5.65 Å². The Kier molecular flexibility index (Phi) is 2.41. The first-order valence-electron chi connectivity index (χ1n) is 4.51. The Labute approximate surface area is 80.6 Å². The molecule has 2 aromatic rings.